The number of carbonyl (C=O) groups excluding carboxylic acids is 1. The molecule has 1 amide bonds. The average Bonchev–Trinajstić information content (AvgIpc) is 3.38. The number of nitrogens with zero attached hydrogens (tertiary/aromatic N) is 3. The molecule has 0 saturated heterocycles. The number of rotatable bonds is 7. The second-order valence-electron chi connectivity index (χ2n) is 8.89. The van der Waals surface area contributed by atoms with Crippen LogP contribution in [-0.4, -0.2) is 32.8 Å². The number of benzene rings is 2. The minimum absolute atomic E-state index is 0.0679. The molecule has 2 aliphatic rings. The molecule has 1 unspecified atom stereocenters. The molecule has 2 aromatic carbocycles. The molecule has 1 aromatic heterocycles. The van der Waals surface area contributed by atoms with Crippen molar-refractivity contribution in [3.05, 3.63) is 72.3 Å². The van der Waals surface area contributed by atoms with E-state index in [2.05, 4.69) is 45.7 Å². The monoisotopic (exact) mass is 446 g/mol. The van der Waals surface area contributed by atoms with Crippen LogP contribution in [0.5, 0.6) is 11.5 Å². The number of amides is 1. The van der Waals surface area contributed by atoms with Crippen LogP contribution >= 0.6 is 0 Å². The average molecular weight is 447 g/mol. The van der Waals surface area contributed by atoms with Gasteiger partial charge in [-0.15, -0.1) is 0 Å². The van der Waals surface area contributed by atoms with Gasteiger partial charge in [-0.05, 0) is 67.9 Å². The lowest BCUT2D eigenvalue weighted by molar-refractivity contribution is -0.122. The van der Waals surface area contributed by atoms with E-state index in [-0.39, 0.29) is 24.2 Å². The number of aryl methyl sites for hydroxylation is 2. The summed E-state index contributed by atoms with van der Waals surface area (Å²) in [6.07, 6.45) is 9.55. The molecule has 172 valence electrons. The molecule has 33 heavy (non-hydrogen) atoms. The van der Waals surface area contributed by atoms with Crippen molar-refractivity contribution >= 4 is 5.91 Å². The van der Waals surface area contributed by atoms with Crippen LogP contribution in [0.1, 0.15) is 55.8 Å². The van der Waals surface area contributed by atoms with Gasteiger partial charge in [-0.1, -0.05) is 30.3 Å². The fourth-order valence-corrected chi connectivity index (χ4v) is 4.72. The van der Waals surface area contributed by atoms with Gasteiger partial charge in [-0.25, -0.2) is 4.98 Å². The SMILES string of the molecule is O=C(CCn1cncn1)N[C@H]1CC[C@H](Oc2ccc3c(c2)CCC(c2ccccc2)O3)CC1. The highest BCUT2D eigenvalue weighted by Gasteiger charge is 2.25. The summed E-state index contributed by atoms with van der Waals surface area (Å²) >= 11 is 0. The standard InChI is InChI=1S/C26H30N4O3/c31-26(14-15-30-18-27-17-28-30)29-21-7-9-22(10-8-21)32-23-11-13-25-20(16-23)6-12-24(33-25)19-4-2-1-3-5-19/h1-5,11,13,16-18,21-22,24H,6-10,12,14-15H2,(H,29,31)/t21-,22-,24?. The number of hydrogen-bond acceptors (Lipinski definition) is 5. The lowest BCUT2D eigenvalue weighted by atomic mass is 9.92. The largest absolute Gasteiger partial charge is 0.490 e. The third-order valence-corrected chi connectivity index (χ3v) is 6.53. The summed E-state index contributed by atoms with van der Waals surface area (Å²) in [6.45, 7) is 0.554. The van der Waals surface area contributed by atoms with Crippen LogP contribution in [0.15, 0.2) is 61.2 Å². The van der Waals surface area contributed by atoms with E-state index in [0.717, 1.165) is 50.0 Å². The molecule has 1 aliphatic carbocycles. The van der Waals surface area contributed by atoms with Gasteiger partial charge in [0.1, 0.15) is 30.3 Å². The molecule has 1 fully saturated rings. The van der Waals surface area contributed by atoms with Gasteiger partial charge >= 0.3 is 0 Å². The van der Waals surface area contributed by atoms with Gasteiger partial charge in [0, 0.05) is 12.5 Å². The number of aromatic nitrogens is 3. The molecule has 1 saturated carbocycles. The summed E-state index contributed by atoms with van der Waals surface area (Å²) in [5, 5.41) is 7.18. The van der Waals surface area contributed by atoms with Crippen molar-refractivity contribution in [3.8, 4) is 11.5 Å². The summed E-state index contributed by atoms with van der Waals surface area (Å²) in [5.41, 5.74) is 2.44. The molecule has 1 N–H and O–H groups in total. The van der Waals surface area contributed by atoms with Crippen LogP contribution in [0.25, 0.3) is 0 Å². The second-order valence-corrected chi connectivity index (χ2v) is 8.89. The lowest BCUT2D eigenvalue weighted by Crippen LogP contribution is -2.40. The van der Waals surface area contributed by atoms with Crippen molar-refractivity contribution < 1.29 is 14.3 Å². The van der Waals surface area contributed by atoms with Crippen molar-refractivity contribution in [1.29, 1.82) is 0 Å². The summed E-state index contributed by atoms with van der Waals surface area (Å²) in [5.74, 6) is 1.94. The zero-order valence-corrected chi connectivity index (χ0v) is 18.7. The predicted molar refractivity (Wildman–Crippen MR) is 124 cm³/mol. The number of ether oxygens (including phenoxy) is 2. The Bertz CT molecular complexity index is 1050. The Labute approximate surface area is 194 Å². The van der Waals surface area contributed by atoms with E-state index < -0.39 is 0 Å². The fourth-order valence-electron chi connectivity index (χ4n) is 4.72. The lowest BCUT2D eigenvalue weighted by Gasteiger charge is -2.30. The normalized spacial score (nSPS) is 22.1. The molecular weight excluding hydrogens is 416 g/mol. The Morgan fingerprint density at radius 2 is 1.94 bits per heavy atom. The third kappa shape index (κ3) is 5.53. The van der Waals surface area contributed by atoms with E-state index in [4.69, 9.17) is 9.47 Å². The fraction of sp³-hybridized carbons (Fsp3) is 0.423. The molecule has 2 heterocycles. The van der Waals surface area contributed by atoms with Gasteiger partial charge in [0.05, 0.1) is 12.6 Å². The number of hydrogen-bond donors (Lipinski definition) is 1. The van der Waals surface area contributed by atoms with Crippen molar-refractivity contribution in [2.24, 2.45) is 0 Å². The Balaban J connectivity index is 1.08. The summed E-state index contributed by atoms with van der Waals surface area (Å²) < 4.78 is 14.2. The molecular formula is C26H30N4O3. The maximum atomic E-state index is 12.2. The highest BCUT2D eigenvalue weighted by atomic mass is 16.5. The molecule has 3 aromatic rings. The molecule has 0 bridgehead atoms. The number of fused-ring (bicyclic) bond motifs is 1. The van der Waals surface area contributed by atoms with E-state index in [1.54, 1.807) is 11.0 Å². The minimum atomic E-state index is 0.0679. The van der Waals surface area contributed by atoms with Gasteiger partial charge < -0.3 is 14.8 Å². The zero-order chi connectivity index (χ0) is 22.5. The van der Waals surface area contributed by atoms with Crippen LogP contribution in [-0.2, 0) is 17.8 Å². The minimum Gasteiger partial charge on any atom is -0.490 e. The number of carbonyl (C=O) groups is 1. The zero-order valence-electron chi connectivity index (χ0n) is 18.7. The van der Waals surface area contributed by atoms with E-state index in [0.29, 0.717) is 13.0 Å². The molecule has 7 nitrogen and oxygen atoms in total. The Morgan fingerprint density at radius 1 is 1.09 bits per heavy atom. The number of nitrogens with one attached hydrogen (secondary N) is 1. The predicted octanol–water partition coefficient (Wildman–Crippen LogP) is 4.24. The molecule has 1 aliphatic heterocycles. The Hall–Kier alpha value is -3.35. The highest BCUT2D eigenvalue weighted by Crippen LogP contribution is 2.37. The first-order valence-corrected chi connectivity index (χ1v) is 11.9. The van der Waals surface area contributed by atoms with Gasteiger partial charge in [-0.2, -0.15) is 5.10 Å². The first kappa shape index (κ1) is 21.5. The summed E-state index contributed by atoms with van der Waals surface area (Å²) in [7, 11) is 0. The quantitative estimate of drug-likeness (QED) is 0.587. The van der Waals surface area contributed by atoms with Crippen molar-refractivity contribution in [2.75, 3.05) is 0 Å². The van der Waals surface area contributed by atoms with Gasteiger partial charge in [0.2, 0.25) is 5.91 Å². The van der Waals surface area contributed by atoms with Crippen LogP contribution in [0.3, 0.4) is 0 Å². The smallest absolute Gasteiger partial charge is 0.222 e. The maximum Gasteiger partial charge on any atom is 0.222 e. The molecule has 7 heteroatoms. The van der Waals surface area contributed by atoms with Crippen LogP contribution in [0.4, 0.5) is 0 Å². The summed E-state index contributed by atoms with van der Waals surface area (Å²) in [4.78, 5) is 16.1. The second kappa shape index (κ2) is 10.1. The van der Waals surface area contributed by atoms with Gasteiger partial charge in [0.15, 0.2) is 0 Å². The maximum absolute atomic E-state index is 12.2. The van der Waals surface area contributed by atoms with E-state index >= 15 is 0 Å². The molecule has 5 rings (SSSR count). The molecule has 1 atom stereocenters. The molecule has 0 spiro atoms. The first-order valence-electron chi connectivity index (χ1n) is 11.9. The van der Waals surface area contributed by atoms with Crippen LogP contribution in [0.2, 0.25) is 0 Å². The van der Waals surface area contributed by atoms with E-state index in [1.165, 1.54) is 17.5 Å². The molecule has 0 radical (unpaired) electrons. The van der Waals surface area contributed by atoms with E-state index in [9.17, 15) is 4.79 Å². The van der Waals surface area contributed by atoms with Gasteiger partial charge in [-0.3, -0.25) is 9.48 Å². The van der Waals surface area contributed by atoms with Crippen LogP contribution < -0.4 is 14.8 Å². The highest BCUT2D eigenvalue weighted by molar-refractivity contribution is 5.76. The van der Waals surface area contributed by atoms with Crippen molar-refractivity contribution in [2.45, 2.75) is 69.7 Å². The summed E-state index contributed by atoms with van der Waals surface area (Å²) in [6, 6.07) is 16.8. The Morgan fingerprint density at radius 3 is 2.73 bits per heavy atom. The third-order valence-electron chi connectivity index (χ3n) is 6.53. The van der Waals surface area contributed by atoms with Crippen molar-refractivity contribution in [3.63, 3.8) is 0 Å². The van der Waals surface area contributed by atoms with Crippen molar-refractivity contribution in [1.82, 2.24) is 20.1 Å². The van der Waals surface area contributed by atoms with E-state index in [1.807, 2.05) is 18.2 Å². The van der Waals surface area contributed by atoms with Gasteiger partial charge in [0.25, 0.3) is 0 Å². The topological polar surface area (TPSA) is 78.3 Å². The first-order chi connectivity index (χ1) is 16.2. The Kier molecular flexibility index (Phi) is 6.56. The van der Waals surface area contributed by atoms with Crippen LogP contribution in [0, 0.1) is 0 Å².